The van der Waals surface area contributed by atoms with E-state index >= 15 is 0 Å². The number of hydrogen-bond acceptors (Lipinski definition) is 5. The summed E-state index contributed by atoms with van der Waals surface area (Å²) in [5.41, 5.74) is 1.39. The lowest BCUT2D eigenvalue weighted by Gasteiger charge is -2.11. The first kappa shape index (κ1) is 13.4. The summed E-state index contributed by atoms with van der Waals surface area (Å²) in [6.07, 6.45) is 4.06. The van der Waals surface area contributed by atoms with E-state index in [1.807, 2.05) is 0 Å². The minimum atomic E-state index is -3.72. The third-order valence-electron chi connectivity index (χ3n) is 2.67. The largest absolute Gasteiger partial charge is 0.392 e. The monoisotopic (exact) mass is 279 g/mol. The van der Waals surface area contributed by atoms with Gasteiger partial charge in [0.1, 0.15) is 6.33 Å². The first-order chi connectivity index (χ1) is 9.04. The number of sulfonamides is 1. The van der Waals surface area contributed by atoms with Gasteiger partial charge in [0.25, 0.3) is 10.0 Å². The molecule has 2 rings (SSSR count). The maximum atomic E-state index is 12.2. The molecule has 0 bridgehead atoms. The van der Waals surface area contributed by atoms with Crippen molar-refractivity contribution in [3.8, 4) is 0 Å². The lowest BCUT2D eigenvalue weighted by atomic mass is 10.1. The molecule has 2 aromatic rings. The van der Waals surface area contributed by atoms with Crippen LogP contribution in [0.3, 0.4) is 0 Å². The molecule has 1 heterocycles. The number of anilines is 1. The molecule has 1 aromatic heterocycles. The Kier molecular flexibility index (Phi) is 3.77. The normalized spacial score (nSPS) is 11.3. The second-order valence-corrected chi connectivity index (χ2v) is 5.58. The van der Waals surface area contributed by atoms with Crippen LogP contribution in [0.4, 0.5) is 5.69 Å². The van der Waals surface area contributed by atoms with E-state index in [-0.39, 0.29) is 17.2 Å². The van der Waals surface area contributed by atoms with Crippen LogP contribution in [0.1, 0.15) is 11.1 Å². The third-order valence-corrected chi connectivity index (χ3v) is 4.19. The van der Waals surface area contributed by atoms with Gasteiger partial charge < -0.3 is 5.11 Å². The molecule has 0 aliphatic heterocycles. The van der Waals surface area contributed by atoms with Crippen LogP contribution < -0.4 is 4.72 Å². The molecular weight excluding hydrogens is 266 g/mol. The number of nitrogens with zero attached hydrogens (tertiary/aromatic N) is 2. The highest BCUT2D eigenvalue weighted by Gasteiger charge is 2.18. The molecule has 6 nitrogen and oxygen atoms in total. The Morgan fingerprint density at radius 1 is 1.26 bits per heavy atom. The Labute approximate surface area is 111 Å². The van der Waals surface area contributed by atoms with E-state index in [0.29, 0.717) is 11.1 Å². The summed E-state index contributed by atoms with van der Waals surface area (Å²) in [7, 11) is -3.72. The maximum absolute atomic E-state index is 12.2. The highest BCUT2D eigenvalue weighted by Crippen LogP contribution is 2.21. The molecule has 0 unspecified atom stereocenters. The van der Waals surface area contributed by atoms with Gasteiger partial charge in [-0.3, -0.25) is 4.72 Å². The molecule has 1 aromatic carbocycles. The Morgan fingerprint density at radius 2 is 1.95 bits per heavy atom. The number of aliphatic hydroxyl groups excluding tert-OH is 1. The molecule has 19 heavy (non-hydrogen) atoms. The van der Waals surface area contributed by atoms with Crippen LogP contribution in [-0.2, 0) is 16.6 Å². The zero-order valence-corrected chi connectivity index (χ0v) is 11.1. The van der Waals surface area contributed by atoms with Crippen LogP contribution in [0.5, 0.6) is 0 Å². The Bertz CT molecular complexity index is 672. The van der Waals surface area contributed by atoms with Gasteiger partial charge in [0.05, 0.1) is 29.6 Å². The highest BCUT2D eigenvalue weighted by atomic mass is 32.2. The molecule has 0 fully saturated rings. The molecule has 0 aliphatic rings. The van der Waals surface area contributed by atoms with E-state index in [2.05, 4.69) is 14.7 Å². The van der Waals surface area contributed by atoms with Gasteiger partial charge >= 0.3 is 0 Å². The highest BCUT2D eigenvalue weighted by molar-refractivity contribution is 7.92. The number of rotatable bonds is 4. The van der Waals surface area contributed by atoms with Gasteiger partial charge in [-0.15, -0.1) is 0 Å². The summed E-state index contributed by atoms with van der Waals surface area (Å²) in [4.78, 5) is 7.61. The van der Waals surface area contributed by atoms with E-state index in [0.717, 1.165) is 0 Å². The molecule has 0 spiro atoms. The predicted octanol–water partition coefficient (Wildman–Crippen LogP) is 1.08. The molecule has 2 N–H and O–H groups in total. The summed E-state index contributed by atoms with van der Waals surface area (Å²) < 4.78 is 26.9. The fraction of sp³-hybridized carbons (Fsp3) is 0.167. The minimum absolute atomic E-state index is 0.128. The zero-order chi connectivity index (χ0) is 13.9. The number of aliphatic hydroxyl groups is 1. The van der Waals surface area contributed by atoms with Crippen molar-refractivity contribution >= 4 is 15.7 Å². The second kappa shape index (κ2) is 5.33. The van der Waals surface area contributed by atoms with E-state index in [9.17, 15) is 8.42 Å². The van der Waals surface area contributed by atoms with Crippen LogP contribution in [0.2, 0.25) is 0 Å². The van der Waals surface area contributed by atoms with E-state index in [1.54, 1.807) is 19.1 Å². The minimum Gasteiger partial charge on any atom is -0.392 e. The molecular formula is C12H13N3O3S. The lowest BCUT2D eigenvalue weighted by Crippen LogP contribution is -2.15. The van der Waals surface area contributed by atoms with Crippen LogP contribution >= 0.6 is 0 Å². The summed E-state index contributed by atoms with van der Waals surface area (Å²) in [6, 6.07) is 4.76. The van der Waals surface area contributed by atoms with Crippen LogP contribution in [0.25, 0.3) is 0 Å². The molecule has 0 atom stereocenters. The Hall–Kier alpha value is -1.99. The van der Waals surface area contributed by atoms with Crippen molar-refractivity contribution in [3.63, 3.8) is 0 Å². The fourth-order valence-corrected chi connectivity index (χ4v) is 3.00. The van der Waals surface area contributed by atoms with Crippen molar-refractivity contribution < 1.29 is 13.5 Å². The van der Waals surface area contributed by atoms with Crippen LogP contribution in [-0.4, -0.2) is 23.5 Å². The maximum Gasteiger partial charge on any atom is 0.262 e. The SMILES string of the molecule is Cc1c(CO)cccc1S(=O)(=O)Nc1cncnc1. The fourth-order valence-electron chi connectivity index (χ4n) is 1.68. The van der Waals surface area contributed by atoms with Crippen molar-refractivity contribution in [2.45, 2.75) is 18.4 Å². The second-order valence-electron chi connectivity index (χ2n) is 3.93. The Balaban J connectivity index is 2.40. The van der Waals surface area contributed by atoms with Gasteiger partial charge in [0.2, 0.25) is 0 Å². The smallest absolute Gasteiger partial charge is 0.262 e. The average Bonchev–Trinajstić information content (AvgIpc) is 2.39. The van der Waals surface area contributed by atoms with Crippen molar-refractivity contribution in [1.29, 1.82) is 0 Å². The van der Waals surface area contributed by atoms with E-state index in [4.69, 9.17) is 5.11 Å². The van der Waals surface area contributed by atoms with Gasteiger partial charge in [-0.2, -0.15) is 0 Å². The molecule has 0 aliphatic carbocycles. The number of aromatic nitrogens is 2. The van der Waals surface area contributed by atoms with Crippen molar-refractivity contribution in [3.05, 3.63) is 48.0 Å². The number of nitrogens with one attached hydrogen (secondary N) is 1. The topological polar surface area (TPSA) is 92.2 Å². The molecule has 0 radical (unpaired) electrons. The summed E-state index contributed by atoms with van der Waals surface area (Å²) in [5.74, 6) is 0. The standard InChI is InChI=1S/C12H13N3O3S/c1-9-10(7-16)3-2-4-12(9)19(17,18)15-11-5-13-8-14-6-11/h2-6,8,15-16H,7H2,1H3. The summed E-state index contributed by atoms with van der Waals surface area (Å²) >= 11 is 0. The van der Waals surface area contributed by atoms with E-state index < -0.39 is 10.0 Å². The number of hydrogen-bond donors (Lipinski definition) is 2. The van der Waals surface area contributed by atoms with Gasteiger partial charge in [-0.1, -0.05) is 12.1 Å². The lowest BCUT2D eigenvalue weighted by molar-refractivity contribution is 0.280. The molecule has 0 saturated carbocycles. The van der Waals surface area contributed by atoms with Crippen molar-refractivity contribution in [2.75, 3.05) is 4.72 Å². The van der Waals surface area contributed by atoms with Crippen LogP contribution in [0.15, 0.2) is 41.8 Å². The first-order valence-corrected chi connectivity index (χ1v) is 7.00. The van der Waals surface area contributed by atoms with Gasteiger partial charge in [0, 0.05) is 0 Å². The quantitative estimate of drug-likeness (QED) is 0.873. The average molecular weight is 279 g/mol. The Morgan fingerprint density at radius 3 is 2.58 bits per heavy atom. The summed E-state index contributed by atoms with van der Waals surface area (Å²) in [6.45, 7) is 1.45. The molecule has 7 heteroatoms. The molecule has 100 valence electrons. The third kappa shape index (κ3) is 2.88. The molecule has 0 amide bonds. The van der Waals surface area contributed by atoms with Gasteiger partial charge in [0.15, 0.2) is 0 Å². The predicted molar refractivity (Wildman–Crippen MR) is 69.9 cm³/mol. The van der Waals surface area contributed by atoms with Gasteiger partial charge in [-0.25, -0.2) is 18.4 Å². The van der Waals surface area contributed by atoms with Crippen LogP contribution in [0, 0.1) is 6.92 Å². The summed E-state index contributed by atoms with van der Waals surface area (Å²) in [5, 5.41) is 9.16. The van der Waals surface area contributed by atoms with Crippen molar-refractivity contribution in [1.82, 2.24) is 9.97 Å². The van der Waals surface area contributed by atoms with E-state index in [1.165, 1.54) is 24.8 Å². The van der Waals surface area contributed by atoms with Gasteiger partial charge in [-0.05, 0) is 24.1 Å². The first-order valence-electron chi connectivity index (χ1n) is 5.52. The zero-order valence-electron chi connectivity index (χ0n) is 10.2. The molecule has 0 saturated heterocycles. The number of benzene rings is 1. The van der Waals surface area contributed by atoms with Crippen molar-refractivity contribution in [2.24, 2.45) is 0 Å².